The molecule has 31 heavy (non-hydrogen) atoms. The first-order valence-corrected chi connectivity index (χ1v) is 11.5. The summed E-state index contributed by atoms with van der Waals surface area (Å²) < 4.78 is 13.8. The van der Waals surface area contributed by atoms with E-state index in [2.05, 4.69) is 52.4 Å². The largest absolute Gasteiger partial charge is 0.493 e. The van der Waals surface area contributed by atoms with Crippen molar-refractivity contribution in [2.24, 2.45) is 0 Å². The van der Waals surface area contributed by atoms with Crippen LogP contribution < -0.4 is 19.5 Å². The van der Waals surface area contributed by atoms with E-state index in [0.29, 0.717) is 11.5 Å². The Morgan fingerprint density at radius 1 is 0.968 bits per heavy atom. The number of hydrogen-bond donors (Lipinski definition) is 1. The molecular formula is C24H23BrN3O2S+. The molecule has 0 aliphatic rings. The van der Waals surface area contributed by atoms with Gasteiger partial charge in [-0.2, -0.15) is 0 Å². The fourth-order valence-electron chi connectivity index (χ4n) is 3.22. The van der Waals surface area contributed by atoms with Crippen LogP contribution in [-0.2, 0) is 6.42 Å². The van der Waals surface area contributed by atoms with Crippen molar-refractivity contribution in [3.05, 3.63) is 76.8 Å². The van der Waals surface area contributed by atoms with Crippen LogP contribution in [0.4, 0.5) is 10.8 Å². The molecule has 4 rings (SSSR count). The second kappa shape index (κ2) is 9.49. The first-order chi connectivity index (χ1) is 15.1. The molecule has 3 aromatic carbocycles. The van der Waals surface area contributed by atoms with Gasteiger partial charge in [0, 0.05) is 33.5 Å². The molecule has 0 spiro atoms. The number of para-hydroxylation sites is 1. The molecule has 0 saturated heterocycles. The number of benzene rings is 3. The summed E-state index contributed by atoms with van der Waals surface area (Å²) in [5.74, 6) is 1.33. The quantitative estimate of drug-likeness (QED) is 0.310. The maximum absolute atomic E-state index is 5.54. The van der Waals surface area contributed by atoms with Crippen molar-refractivity contribution < 1.29 is 14.2 Å². The van der Waals surface area contributed by atoms with Crippen molar-refractivity contribution in [1.29, 1.82) is 0 Å². The zero-order chi connectivity index (χ0) is 21.8. The molecule has 0 unspecified atom stereocenters. The van der Waals surface area contributed by atoms with Gasteiger partial charge in [0.2, 0.25) is 5.69 Å². The standard InChI is InChI=1S/C24H23BrN3O2S/c1-4-16-10-12-17(13-11-16)26-24-27-28(18-8-6-5-7-9-18)23(31-24)19-14-21(29-2)22(30-3)15-20(19)25/h5-15H,4H2,1-3H3,(H,26,27)/q+1. The zero-order valence-electron chi connectivity index (χ0n) is 17.6. The van der Waals surface area contributed by atoms with E-state index in [1.54, 1.807) is 25.6 Å². The highest BCUT2D eigenvalue weighted by Crippen LogP contribution is 2.40. The van der Waals surface area contributed by atoms with Crippen LogP contribution in [0.25, 0.3) is 16.3 Å². The van der Waals surface area contributed by atoms with Crippen LogP contribution in [0, 0.1) is 0 Å². The molecule has 0 radical (unpaired) electrons. The van der Waals surface area contributed by atoms with Crippen LogP contribution in [0.1, 0.15) is 12.5 Å². The fraction of sp³-hybridized carbons (Fsp3) is 0.167. The molecule has 0 fully saturated rings. The third-order valence-electron chi connectivity index (χ3n) is 4.89. The summed E-state index contributed by atoms with van der Waals surface area (Å²) in [5.41, 5.74) is 4.25. The molecule has 0 saturated carbocycles. The molecule has 0 aliphatic carbocycles. The van der Waals surface area contributed by atoms with Gasteiger partial charge < -0.3 is 14.8 Å². The highest BCUT2D eigenvalue weighted by Gasteiger charge is 2.27. The van der Waals surface area contributed by atoms with Crippen LogP contribution in [0.5, 0.6) is 11.5 Å². The number of anilines is 2. The van der Waals surface area contributed by atoms with Gasteiger partial charge in [-0.05, 0) is 62.1 Å². The lowest BCUT2D eigenvalue weighted by atomic mass is 10.1. The number of hydrogen-bond acceptors (Lipinski definition) is 5. The van der Waals surface area contributed by atoms with E-state index in [9.17, 15) is 0 Å². The number of halogens is 1. The Hall–Kier alpha value is -2.90. The molecule has 1 N–H and O–H groups in total. The number of nitrogens with zero attached hydrogens (tertiary/aromatic N) is 2. The smallest absolute Gasteiger partial charge is 0.306 e. The Morgan fingerprint density at radius 3 is 2.29 bits per heavy atom. The van der Waals surface area contributed by atoms with E-state index >= 15 is 0 Å². The predicted octanol–water partition coefficient (Wildman–Crippen LogP) is 6.17. The highest BCUT2D eigenvalue weighted by molar-refractivity contribution is 9.10. The minimum absolute atomic E-state index is 0.665. The number of aromatic nitrogens is 2. The van der Waals surface area contributed by atoms with Crippen LogP contribution in [0.2, 0.25) is 0 Å². The highest BCUT2D eigenvalue weighted by atomic mass is 79.9. The maximum atomic E-state index is 5.54. The molecule has 5 nitrogen and oxygen atoms in total. The molecule has 0 atom stereocenters. The minimum Gasteiger partial charge on any atom is -0.493 e. The number of aryl methyl sites for hydroxylation is 1. The number of methoxy groups -OCH3 is 2. The van der Waals surface area contributed by atoms with Gasteiger partial charge in [0.05, 0.1) is 19.8 Å². The van der Waals surface area contributed by atoms with Gasteiger partial charge >= 0.3 is 5.01 Å². The molecule has 0 amide bonds. The van der Waals surface area contributed by atoms with Crippen LogP contribution in [-0.4, -0.2) is 19.3 Å². The van der Waals surface area contributed by atoms with Crippen molar-refractivity contribution in [2.45, 2.75) is 13.3 Å². The van der Waals surface area contributed by atoms with E-state index in [1.165, 1.54) is 5.56 Å². The third-order valence-corrected chi connectivity index (χ3v) is 6.51. The van der Waals surface area contributed by atoms with Crippen molar-refractivity contribution in [2.75, 3.05) is 19.5 Å². The van der Waals surface area contributed by atoms with E-state index in [4.69, 9.17) is 14.6 Å². The summed E-state index contributed by atoms with van der Waals surface area (Å²) in [4.78, 5) is 0. The molecule has 1 aromatic heterocycles. The Balaban J connectivity index is 1.81. The average Bonchev–Trinajstić information content (AvgIpc) is 3.23. The lowest BCUT2D eigenvalue weighted by molar-refractivity contribution is -0.642. The Morgan fingerprint density at radius 2 is 1.65 bits per heavy atom. The molecule has 1 heterocycles. The molecule has 4 aromatic rings. The van der Waals surface area contributed by atoms with Gasteiger partial charge in [0.25, 0.3) is 5.13 Å². The van der Waals surface area contributed by atoms with E-state index in [1.807, 2.05) is 47.1 Å². The van der Waals surface area contributed by atoms with E-state index in [0.717, 1.165) is 38.0 Å². The fourth-order valence-corrected chi connectivity index (χ4v) is 4.85. The molecule has 0 aliphatic heterocycles. The van der Waals surface area contributed by atoms with Gasteiger partial charge in [-0.15, -0.1) is 0 Å². The van der Waals surface area contributed by atoms with Crippen molar-refractivity contribution in [1.82, 2.24) is 5.10 Å². The first kappa shape index (κ1) is 21.3. The van der Waals surface area contributed by atoms with Crippen LogP contribution in [0.3, 0.4) is 0 Å². The Labute approximate surface area is 194 Å². The van der Waals surface area contributed by atoms with Gasteiger partial charge in [-0.1, -0.05) is 37.3 Å². The summed E-state index contributed by atoms with van der Waals surface area (Å²) in [6.45, 7) is 2.15. The lowest BCUT2D eigenvalue weighted by Crippen LogP contribution is -2.34. The maximum Gasteiger partial charge on any atom is 0.306 e. The predicted molar refractivity (Wildman–Crippen MR) is 129 cm³/mol. The summed E-state index contributed by atoms with van der Waals surface area (Å²) in [6.07, 6.45) is 1.02. The zero-order valence-corrected chi connectivity index (χ0v) is 20.0. The van der Waals surface area contributed by atoms with E-state index < -0.39 is 0 Å². The number of nitrogens with one attached hydrogen (secondary N) is 1. The second-order valence-electron chi connectivity index (χ2n) is 6.82. The first-order valence-electron chi connectivity index (χ1n) is 9.89. The average molecular weight is 497 g/mol. The molecule has 0 bridgehead atoms. The topological polar surface area (TPSA) is 47.3 Å². The van der Waals surface area contributed by atoms with Crippen LogP contribution in [0.15, 0.2) is 71.2 Å². The van der Waals surface area contributed by atoms with Crippen molar-refractivity contribution >= 4 is 38.1 Å². The summed E-state index contributed by atoms with van der Waals surface area (Å²) in [7, 11) is 3.27. The normalized spacial score (nSPS) is 10.7. The molecular weight excluding hydrogens is 474 g/mol. The van der Waals surface area contributed by atoms with Gasteiger partial charge in [0.1, 0.15) is 0 Å². The lowest BCUT2D eigenvalue weighted by Gasteiger charge is -2.09. The Kier molecular flexibility index (Phi) is 6.53. The van der Waals surface area contributed by atoms with Gasteiger partial charge in [-0.3, -0.25) is 0 Å². The van der Waals surface area contributed by atoms with Crippen molar-refractivity contribution in [3.8, 4) is 27.8 Å². The summed E-state index contributed by atoms with van der Waals surface area (Å²) >= 11 is 5.27. The summed E-state index contributed by atoms with van der Waals surface area (Å²) in [6, 6.07) is 22.4. The van der Waals surface area contributed by atoms with Crippen LogP contribution >= 0.6 is 27.3 Å². The third kappa shape index (κ3) is 4.57. The number of rotatable bonds is 7. The summed E-state index contributed by atoms with van der Waals surface area (Å²) in [5, 5.41) is 10.1. The SMILES string of the molecule is CCc1ccc(Nc2n[n+](-c3ccccc3)c(-c3cc(OC)c(OC)cc3Br)s2)cc1. The van der Waals surface area contributed by atoms with E-state index in [-0.39, 0.29) is 0 Å². The number of ether oxygens (including phenoxy) is 2. The second-order valence-corrected chi connectivity index (χ2v) is 8.65. The monoisotopic (exact) mass is 496 g/mol. The van der Waals surface area contributed by atoms with Crippen molar-refractivity contribution in [3.63, 3.8) is 0 Å². The van der Waals surface area contributed by atoms with Gasteiger partial charge in [0.15, 0.2) is 11.5 Å². The molecule has 158 valence electrons. The Bertz CT molecular complexity index is 1180. The van der Waals surface area contributed by atoms with Gasteiger partial charge in [-0.25, -0.2) is 0 Å². The molecule has 7 heteroatoms. The minimum atomic E-state index is 0.665.